The van der Waals surface area contributed by atoms with Gasteiger partial charge in [-0.05, 0) is 79.2 Å². The van der Waals surface area contributed by atoms with E-state index in [0.717, 1.165) is 0 Å². The topological polar surface area (TPSA) is 259 Å². The number of likely N-dealkylation sites (N-methyl/N-ethyl adjacent to an activating group) is 1. The van der Waals surface area contributed by atoms with Crippen molar-refractivity contribution in [1.82, 2.24) is 31.1 Å². The van der Waals surface area contributed by atoms with Gasteiger partial charge in [-0.25, -0.2) is 15.2 Å². The summed E-state index contributed by atoms with van der Waals surface area (Å²) in [6, 6.07) is -2.41. The average molecular weight is 741 g/mol. The fourth-order valence-corrected chi connectivity index (χ4v) is 4.97. The molecule has 1 fully saturated rings. The van der Waals surface area contributed by atoms with Gasteiger partial charge in [0.05, 0.1) is 6.61 Å². The molecule has 18 nitrogen and oxygen atoms in total. The van der Waals surface area contributed by atoms with Crippen molar-refractivity contribution in [2.24, 2.45) is 0 Å². The number of hydrogen-bond acceptors (Lipinski definition) is 13. The number of aliphatic hydroxyl groups is 2. The molecule has 0 bridgehead atoms. The lowest BCUT2D eigenvalue weighted by Crippen LogP contribution is -2.61. The summed E-state index contributed by atoms with van der Waals surface area (Å²) in [6.07, 6.45) is 5.77. The number of amides is 5. The third kappa shape index (κ3) is 17.8. The maximum atomic E-state index is 12.6. The van der Waals surface area contributed by atoms with Crippen LogP contribution in [0.4, 0.5) is 0 Å². The van der Waals surface area contributed by atoms with Crippen molar-refractivity contribution in [2.75, 3.05) is 46.5 Å². The normalized spacial score (nSPS) is 17.2. The predicted octanol–water partition coefficient (Wildman–Crippen LogP) is 0.0886. The number of aliphatic hydroxyl groups excluding tert-OH is 2. The zero-order valence-electron chi connectivity index (χ0n) is 30.5. The largest absolute Gasteiger partial charge is 0.464 e. The Balaban J connectivity index is 2.39. The smallest absolute Gasteiger partial charge is 0.323 e. The van der Waals surface area contributed by atoms with Crippen LogP contribution < -0.4 is 16.0 Å². The van der Waals surface area contributed by atoms with E-state index in [-0.39, 0.29) is 78.0 Å². The molecule has 3 atom stereocenters. The monoisotopic (exact) mass is 740 g/mol. The Hall–Kier alpha value is -4.20. The lowest BCUT2D eigenvalue weighted by atomic mass is 10.0. The molecule has 0 radical (unpaired) electrons. The van der Waals surface area contributed by atoms with Crippen molar-refractivity contribution in [2.45, 2.75) is 96.7 Å². The van der Waals surface area contributed by atoms with Gasteiger partial charge >= 0.3 is 5.97 Å². The molecule has 0 aromatic carbocycles. The van der Waals surface area contributed by atoms with Gasteiger partial charge in [0.2, 0.25) is 11.8 Å². The molecule has 8 N–H and O–H groups in total. The van der Waals surface area contributed by atoms with Crippen molar-refractivity contribution < 1.29 is 59.3 Å². The Morgan fingerprint density at radius 1 is 0.712 bits per heavy atom. The number of nitrogens with one attached hydrogen (secondary N) is 3. The molecule has 0 aliphatic carbocycles. The lowest BCUT2D eigenvalue weighted by Gasteiger charge is -2.30. The van der Waals surface area contributed by atoms with Gasteiger partial charge in [-0.3, -0.25) is 44.4 Å². The van der Waals surface area contributed by atoms with E-state index in [0.29, 0.717) is 51.2 Å². The second-order valence-electron chi connectivity index (χ2n) is 12.6. The van der Waals surface area contributed by atoms with Crippen LogP contribution in [-0.2, 0) is 33.5 Å². The number of carbonyl (C=O) groups excluding carboxylic acids is 6. The van der Waals surface area contributed by atoms with Crippen molar-refractivity contribution in [1.29, 1.82) is 0 Å². The minimum atomic E-state index is -0.870. The van der Waals surface area contributed by atoms with E-state index in [4.69, 9.17) is 14.9 Å². The van der Waals surface area contributed by atoms with Gasteiger partial charge < -0.3 is 30.9 Å². The highest BCUT2D eigenvalue weighted by Crippen LogP contribution is 2.11. The standard InChI is InChI=1S/C34H56N6O12/c1-23(11-17-41)20-29(43)38(49)14-5-8-26-32(46)37-27(33(47)36-26)9-6-15-39(50)31(45)22-25(3)13-19-52-34(48)28(35-4)10-7-16-40(51)30(44)21-24(2)12-18-42/h20-22,26-28,35,41-42,49-51H,5-19H2,1-4H3,(H,36,47)(H,37,46)/b23-20+,24-21+,25-22+. The molecular formula is C34H56N6O12. The van der Waals surface area contributed by atoms with E-state index in [1.807, 2.05) is 0 Å². The molecule has 0 spiro atoms. The summed E-state index contributed by atoms with van der Waals surface area (Å²) in [5, 5.41) is 57.5. The first-order valence-electron chi connectivity index (χ1n) is 17.3. The minimum Gasteiger partial charge on any atom is -0.464 e. The first-order chi connectivity index (χ1) is 24.6. The number of carbonyl (C=O) groups is 6. The number of hydrogen-bond donors (Lipinski definition) is 8. The van der Waals surface area contributed by atoms with Gasteiger partial charge in [0.25, 0.3) is 17.7 Å². The van der Waals surface area contributed by atoms with Crippen LogP contribution in [0.15, 0.2) is 34.9 Å². The SMILES string of the molecule is CNC(CCCN(O)C(=O)/C=C(\C)CCO)C(=O)OCC/C(C)=C/C(=O)N(O)CCCC1NC(=O)C(CCCN(O)C(=O)/C=C(\C)CCO)NC1=O. The zero-order valence-corrected chi connectivity index (χ0v) is 30.5. The highest BCUT2D eigenvalue weighted by molar-refractivity contribution is 5.97. The Bertz CT molecular complexity index is 1300. The fraction of sp³-hybridized carbons (Fsp3) is 0.647. The first kappa shape index (κ1) is 45.8. The second-order valence-corrected chi connectivity index (χ2v) is 12.6. The lowest BCUT2D eigenvalue weighted by molar-refractivity contribution is -0.160. The summed E-state index contributed by atoms with van der Waals surface area (Å²) in [6.45, 7) is 4.48. The van der Waals surface area contributed by atoms with Gasteiger partial charge in [-0.1, -0.05) is 16.7 Å². The number of ether oxygens (including phenoxy) is 1. The number of esters is 1. The number of nitrogens with zero attached hydrogens (tertiary/aromatic N) is 3. The molecule has 1 aliphatic heterocycles. The second kappa shape index (κ2) is 24.9. The average Bonchev–Trinajstić information content (AvgIpc) is 3.08. The maximum absolute atomic E-state index is 12.6. The summed E-state index contributed by atoms with van der Waals surface area (Å²) < 4.78 is 5.30. The van der Waals surface area contributed by atoms with E-state index in [2.05, 4.69) is 16.0 Å². The number of hydroxylamine groups is 6. The molecule has 3 unspecified atom stereocenters. The molecule has 0 aromatic heterocycles. The Morgan fingerprint density at radius 3 is 1.48 bits per heavy atom. The first-order valence-corrected chi connectivity index (χ1v) is 17.3. The van der Waals surface area contributed by atoms with Crippen LogP contribution in [-0.4, -0.2) is 141 Å². The van der Waals surface area contributed by atoms with E-state index < -0.39 is 53.6 Å². The maximum Gasteiger partial charge on any atom is 0.323 e. The summed E-state index contributed by atoms with van der Waals surface area (Å²) in [7, 11) is 1.57. The molecule has 52 heavy (non-hydrogen) atoms. The van der Waals surface area contributed by atoms with Gasteiger partial charge in [0.1, 0.15) is 18.1 Å². The van der Waals surface area contributed by atoms with Crippen LogP contribution in [0.5, 0.6) is 0 Å². The molecule has 0 aromatic rings. The van der Waals surface area contributed by atoms with Crippen molar-refractivity contribution in [3.63, 3.8) is 0 Å². The van der Waals surface area contributed by atoms with Crippen LogP contribution in [0.25, 0.3) is 0 Å². The molecule has 1 heterocycles. The van der Waals surface area contributed by atoms with Gasteiger partial charge in [-0.15, -0.1) is 0 Å². The molecule has 5 amide bonds. The van der Waals surface area contributed by atoms with Gasteiger partial charge in [-0.2, -0.15) is 0 Å². The Kier molecular flexibility index (Phi) is 21.9. The van der Waals surface area contributed by atoms with Crippen LogP contribution in [0, 0.1) is 0 Å². The number of rotatable bonds is 24. The van der Waals surface area contributed by atoms with Crippen LogP contribution in [0.2, 0.25) is 0 Å². The molecule has 18 heteroatoms. The van der Waals surface area contributed by atoms with Crippen LogP contribution in [0.1, 0.15) is 78.6 Å². The highest BCUT2D eigenvalue weighted by Gasteiger charge is 2.33. The van der Waals surface area contributed by atoms with E-state index in [1.165, 1.54) is 18.2 Å². The molecule has 1 saturated heterocycles. The van der Waals surface area contributed by atoms with Crippen molar-refractivity contribution in [3.8, 4) is 0 Å². The quantitative estimate of drug-likeness (QED) is 0.0283. The van der Waals surface area contributed by atoms with Gasteiger partial charge in [0, 0.05) is 57.5 Å². The highest BCUT2D eigenvalue weighted by atomic mass is 16.5. The molecular weight excluding hydrogens is 684 g/mol. The summed E-state index contributed by atoms with van der Waals surface area (Å²) in [5.74, 6) is -3.40. The van der Waals surface area contributed by atoms with E-state index in [9.17, 15) is 44.4 Å². The van der Waals surface area contributed by atoms with Crippen LogP contribution in [0.3, 0.4) is 0 Å². The summed E-state index contributed by atoms with van der Waals surface area (Å²) >= 11 is 0. The predicted molar refractivity (Wildman–Crippen MR) is 185 cm³/mol. The molecule has 294 valence electrons. The molecule has 1 aliphatic rings. The van der Waals surface area contributed by atoms with E-state index in [1.54, 1.807) is 27.8 Å². The van der Waals surface area contributed by atoms with Crippen molar-refractivity contribution in [3.05, 3.63) is 34.9 Å². The summed E-state index contributed by atoms with van der Waals surface area (Å²) in [4.78, 5) is 74.0. The minimum absolute atomic E-state index is 0.0133. The molecule has 1 rings (SSSR count). The Labute approximate surface area is 304 Å². The fourth-order valence-electron chi connectivity index (χ4n) is 4.97. The van der Waals surface area contributed by atoms with E-state index >= 15 is 0 Å². The number of piperazine rings is 1. The third-order valence-electron chi connectivity index (χ3n) is 8.11. The Morgan fingerprint density at radius 2 is 1.10 bits per heavy atom. The van der Waals surface area contributed by atoms with Crippen molar-refractivity contribution >= 4 is 35.5 Å². The third-order valence-corrected chi connectivity index (χ3v) is 8.11. The van der Waals surface area contributed by atoms with Crippen LogP contribution >= 0.6 is 0 Å². The zero-order chi connectivity index (χ0) is 39.2. The van der Waals surface area contributed by atoms with Gasteiger partial charge in [0.15, 0.2) is 0 Å². The summed E-state index contributed by atoms with van der Waals surface area (Å²) in [5.41, 5.74) is 1.75. The molecule has 0 saturated carbocycles.